The number of rotatable bonds is 4. The van der Waals surface area contributed by atoms with Crippen molar-refractivity contribution in [3.63, 3.8) is 0 Å². The molecular formula is C9H7N3O6. The number of benzene rings is 1. The Balaban J connectivity index is 3.82. The first-order chi connectivity index (χ1) is 8.27. The molecule has 9 heteroatoms. The Labute approximate surface area is 99.1 Å². The van der Waals surface area contributed by atoms with E-state index < -0.39 is 45.1 Å². The second kappa shape index (κ2) is 4.49. The van der Waals surface area contributed by atoms with Crippen molar-refractivity contribution >= 4 is 23.5 Å². The summed E-state index contributed by atoms with van der Waals surface area (Å²) in [5.41, 5.74) is 6.81. The minimum Gasteiger partial charge on any atom is -0.477 e. The van der Waals surface area contributed by atoms with E-state index in [2.05, 4.69) is 0 Å². The highest BCUT2D eigenvalue weighted by Gasteiger charge is 2.30. The van der Waals surface area contributed by atoms with Gasteiger partial charge in [-0.2, -0.15) is 0 Å². The summed E-state index contributed by atoms with van der Waals surface area (Å²) < 4.78 is 0. The molecule has 0 bridgehead atoms. The Kier molecular flexibility index (Phi) is 3.27. The lowest BCUT2D eigenvalue weighted by molar-refractivity contribution is -0.385. The Morgan fingerprint density at radius 2 is 1.67 bits per heavy atom. The molecule has 2 amide bonds. The van der Waals surface area contributed by atoms with E-state index in [1.807, 2.05) is 0 Å². The Bertz CT molecular complexity index is 529. The van der Waals surface area contributed by atoms with Crippen molar-refractivity contribution in [2.75, 3.05) is 0 Å². The number of nitro benzene ring substituents is 1. The predicted octanol–water partition coefficient (Wildman–Crippen LogP) is -0.509. The molecule has 0 aliphatic heterocycles. The fraction of sp³-hybridized carbons (Fsp3) is 0. The van der Waals surface area contributed by atoms with Gasteiger partial charge in [0, 0.05) is 6.07 Å². The molecule has 1 rings (SSSR count). The molecule has 94 valence electrons. The zero-order chi connectivity index (χ0) is 14.0. The van der Waals surface area contributed by atoms with Crippen molar-refractivity contribution in [2.45, 2.75) is 0 Å². The highest BCUT2D eigenvalue weighted by Crippen LogP contribution is 2.25. The third-order valence-electron chi connectivity index (χ3n) is 2.11. The maximum atomic E-state index is 11.2. The highest BCUT2D eigenvalue weighted by atomic mass is 16.6. The quantitative estimate of drug-likeness (QED) is 0.482. The molecule has 0 atom stereocenters. The molecule has 0 saturated carbocycles. The summed E-state index contributed by atoms with van der Waals surface area (Å²) in [5, 5.41) is 19.5. The first-order valence-corrected chi connectivity index (χ1v) is 4.41. The number of hydrogen-bond acceptors (Lipinski definition) is 5. The number of nitro groups is 1. The van der Waals surface area contributed by atoms with Gasteiger partial charge in [0.25, 0.3) is 11.6 Å². The molecule has 0 radical (unpaired) electrons. The number of nitrogens with two attached hydrogens (primary N) is 2. The number of aromatic carboxylic acids is 1. The van der Waals surface area contributed by atoms with Gasteiger partial charge >= 0.3 is 5.97 Å². The van der Waals surface area contributed by atoms with Crippen LogP contribution in [0.1, 0.15) is 31.1 Å². The summed E-state index contributed by atoms with van der Waals surface area (Å²) in [6.07, 6.45) is 0. The van der Waals surface area contributed by atoms with Crippen LogP contribution < -0.4 is 11.5 Å². The van der Waals surface area contributed by atoms with Gasteiger partial charge in [0.15, 0.2) is 5.56 Å². The van der Waals surface area contributed by atoms with Crippen molar-refractivity contribution in [1.82, 2.24) is 0 Å². The van der Waals surface area contributed by atoms with Crippen LogP contribution in [0.4, 0.5) is 5.69 Å². The minimum atomic E-state index is -1.75. The number of nitrogens with zero attached hydrogens (tertiary/aromatic N) is 1. The Hall–Kier alpha value is -2.97. The zero-order valence-electron chi connectivity index (χ0n) is 8.75. The van der Waals surface area contributed by atoms with Crippen LogP contribution in [0.25, 0.3) is 0 Å². The van der Waals surface area contributed by atoms with Gasteiger partial charge in [0.2, 0.25) is 5.91 Å². The minimum absolute atomic E-state index is 0.481. The van der Waals surface area contributed by atoms with Crippen LogP contribution in [0.15, 0.2) is 12.1 Å². The predicted molar refractivity (Wildman–Crippen MR) is 57.1 cm³/mol. The monoisotopic (exact) mass is 253 g/mol. The normalized spacial score (nSPS) is 9.78. The van der Waals surface area contributed by atoms with E-state index in [1.165, 1.54) is 0 Å². The van der Waals surface area contributed by atoms with E-state index in [1.54, 1.807) is 0 Å². The van der Waals surface area contributed by atoms with E-state index in [0.717, 1.165) is 12.1 Å². The number of carbonyl (C=O) groups is 3. The average Bonchev–Trinajstić information content (AvgIpc) is 2.26. The van der Waals surface area contributed by atoms with E-state index in [-0.39, 0.29) is 0 Å². The van der Waals surface area contributed by atoms with E-state index >= 15 is 0 Å². The molecule has 9 nitrogen and oxygen atoms in total. The fourth-order valence-corrected chi connectivity index (χ4v) is 1.42. The first kappa shape index (κ1) is 13.1. The molecule has 0 unspecified atom stereocenters. The summed E-state index contributed by atoms with van der Waals surface area (Å²) in [5.74, 6) is -4.15. The third kappa shape index (κ3) is 2.09. The molecule has 0 aromatic heterocycles. The van der Waals surface area contributed by atoms with Gasteiger partial charge in [-0.25, -0.2) is 4.79 Å². The number of hydrogen-bond donors (Lipinski definition) is 3. The van der Waals surface area contributed by atoms with E-state index in [4.69, 9.17) is 16.6 Å². The largest absolute Gasteiger partial charge is 0.477 e. The topological polar surface area (TPSA) is 167 Å². The van der Waals surface area contributed by atoms with Crippen molar-refractivity contribution in [3.8, 4) is 0 Å². The van der Waals surface area contributed by atoms with Gasteiger partial charge < -0.3 is 16.6 Å². The number of carboxylic acid groups (broad SMARTS) is 1. The van der Waals surface area contributed by atoms with Crippen molar-refractivity contribution in [2.24, 2.45) is 11.5 Å². The smallest absolute Gasteiger partial charge is 0.343 e. The standard InChI is InChI=1S/C9H7N3O6/c10-7(13)3-1-2-4(12(17)18)6(9(15)16)5(3)8(11)14/h1-2H,(H2,10,13)(H2,11,14)(H,15,16). The molecule has 18 heavy (non-hydrogen) atoms. The third-order valence-corrected chi connectivity index (χ3v) is 2.11. The average molecular weight is 253 g/mol. The summed E-state index contributed by atoms with van der Waals surface area (Å²) in [7, 11) is 0. The Morgan fingerprint density at radius 3 is 2.00 bits per heavy atom. The van der Waals surface area contributed by atoms with Crippen LogP contribution in [-0.4, -0.2) is 27.8 Å². The molecule has 5 N–H and O–H groups in total. The lowest BCUT2D eigenvalue weighted by Crippen LogP contribution is -2.24. The highest BCUT2D eigenvalue weighted by molar-refractivity contribution is 6.13. The van der Waals surface area contributed by atoms with Gasteiger partial charge in [-0.1, -0.05) is 0 Å². The second-order valence-electron chi connectivity index (χ2n) is 3.17. The van der Waals surface area contributed by atoms with Crippen LogP contribution in [-0.2, 0) is 0 Å². The lowest BCUT2D eigenvalue weighted by Gasteiger charge is -2.07. The van der Waals surface area contributed by atoms with Crippen molar-refractivity contribution < 1.29 is 24.4 Å². The number of carbonyl (C=O) groups excluding carboxylic acids is 2. The second-order valence-corrected chi connectivity index (χ2v) is 3.17. The maximum absolute atomic E-state index is 11.2. The first-order valence-electron chi connectivity index (χ1n) is 4.41. The molecule has 0 aliphatic rings. The van der Waals surface area contributed by atoms with E-state index in [0.29, 0.717) is 0 Å². The van der Waals surface area contributed by atoms with Crippen LogP contribution in [0.2, 0.25) is 0 Å². The maximum Gasteiger partial charge on any atom is 0.343 e. The summed E-state index contributed by atoms with van der Waals surface area (Å²) >= 11 is 0. The molecule has 1 aromatic carbocycles. The van der Waals surface area contributed by atoms with Gasteiger partial charge in [-0.05, 0) is 6.07 Å². The van der Waals surface area contributed by atoms with Crippen LogP contribution in [0.3, 0.4) is 0 Å². The molecule has 1 aromatic rings. The van der Waals surface area contributed by atoms with Gasteiger partial charge in [0.1, 0.15) is 0 Å². The summed E-state index contributed by atoms with van der Waals surface area (Å²) in [6, 6.07) is 1.66. The molecule has 0 saturated heterocycles. The molecular weight excluding hydrogens is 246 g/mol. The molecule has 0 aliphatic carbocycles. The van der Waals surface area contributed by atoms with Gasteiger partial charge in [0.05, 0.1) is 16.1 Å². The summed E-state index contributed by atoms with van der Waals surface area (Å²) in [4.78, 5) is 42.8. The molecule has 0 fully saturated rings. The fourth-order valence-electron chi connectivity index (χ4n) is 1.42. The van der Waals surface area contributed by atoms with Crippen LogP contribution in [0, 0.1) is 10.1 Å². The number of primary amides is 2. The van der Waals surface area contributed by atoms with Crippen LogP contribution >= 0.6 is 0 Å². The van der Waals surface area contributed by atoms with E-state index in [9.17, 15) is 24.5 Å². The van der Waals surface area contributed by atoms with Gasteiger partial charge in [-0.3, -0.25) is 19.7 Å². The molecule has 0 spiro atoms. The number of amides is 2. The lowest BCUT2D eigenvalue weighted by atomic mass is 9.98. The van der Waals surface area contributed by atoms with Crippen molar-refractivity contribution in [1.29, 1.82) is 0 Å². The van der Waals surface area contributed by atoms with Crippen molar-refractivity contribution in [3.05, 3.63) is 38.9 Å². The van der Waals surface area contributed by atoms with Crippen LogP contribution in [0.5, 0.6) is 0 Å². The van der Waals surface area contributed by atoms with Gasteiger partial charge in [-0.15, -0.1) is 0 Å². The Morgan fingerprint density at radius 1 is 1.11 bits per heavy atom. The summed E-state index contributed by atoms with van der Waals surface area (Å²) in [6.45, 7) is 0. The number of carboxylic acids is 1. The zero-order valence-corrected chi connectivity index (χ0v) is 8.75. The molecule has 0 heterocycles. The SMILES string of the molecule is NC(=O)c1ccc([N+](=O)[O-])c(C(=O)O)c1C(N)=O.